The monoisotopic (exact) mass is 230 g/mol. The van der Waals surface area contributed by atoms with Gasteiger partial charge in [0.2, 0.25) is 0 Å². The Balaban J connectivity index is 1.95. The molecule has 2 aromatic rings. The molecule has 0 aliphatic rings. The van der Waals surface area contributed by atoms with Gasteiger partial charge in [-0.3, -0.25) is 9.58 Å². The van der Waals surface area contributed by atoms with E-state index in [0.29, 0.717) is 0 Å². The molecule has 0 aliphatic carbocycles. The number of hydrogen-bond donors (Lipinski definition) is 1. The molecule has 0 bridgehead atoms. The van der Waals surface area contributed by atoms with E-state index in [1.807, 2.05) is 42.3 Å². The molecular weight excluding hydrogens is 212 g/mol. The van der Waals surface area contributed by atoms with Crippen LogP contribution in [-0.2, 0) is 20.1 Å². The van der Waals surface area contributed by atoms with Crippen molar-refractivity contribution in [3.05, 3.63) is 47.8 Å². The Labute approximate surface area is 102 Å². The van der Waals surface area contributed by atoms with Crippen molar-refractivity contribution in [1.29, 1.82) is 0 Å². The van der Waals surface area contributed by atoms with Gasteiger partial charge in [0.05, 0.1) is 6.20 Å². The first-order valence-electron chi connectivity index (χ1n) is 5.64. The number of anilines is 1. The highest BCUT2D eigenvalue weighted by molar-refractivity contribution is 5.40. The smallest absolute Gasteiger partial charge is 0.0534 e. The Bertz CT molecular complexity index is 490. The molecule has 4 nitrogen and oxygen atoms in total. The number of nitrogens with zero attached hydrogens (tertiary/aromatic N) is 3. The topological polar surface area (TPSA) is 47.1 Å². The van der Waals surface area contributed by atoms with E-state index in [-0.39, 0.29) is 0 Å². The van der Waals surface area contributed by atoms with Crippen molar-refractivity contribution in [2.45, 2.75) is 13.1 Å². The van der Waals surface area contributed by atoms with Gasteiger partial charge in [0.1, 0.15) is 0 Å². The molecule has 1 heterocycles. The van der Waals surface area contributed by atoms with Gasteiger partial charge in [0.15, 0.2) is 0 Å². The summed E-state index contributed by atoms with van der Waals surface area (Å²) < 4.78 is 1.82. The first-order valence-corrected chi connectivity index (χ1v) is 5.64. The van der Waals surface area contributed by atoms with Gasteiger partial charge in [0, 0.05) is 37.6 Å². The largest absolute Gasteiger partial charge is 0.399 e. The van der Waals surface area contributed by atoms with Gasteiger partial charge in [-0.25, -0.2) is 0 Å². The van der Waals surface area contributed by atoms with Crippen LogP contribution in [-0.4, -0.2) is 21.7 Å². The molecule has 0 spiro atoms. The molecule has 1 aromatic heterocycles. The van der Waals surface area contributed by atoms with E-state index in [1.54, 1.807) is 0 Å². The fraction of sp³-hybridized carbons (Fsp3) is 0.308. The van der Waals surface area contributed by atoms with Crippen molar-refractivity contribution in [3.8, 4) is 0 Å². The maximum Gasteiger partial charge on any atom is 0.0534 e. The number of aromatic nitrogens is 2. The van der Waals surface area contributed by atoms with Crippen LogP contribution in [0.25, 0.3) is 0 Å². The van der Waals surface area contributed by atoms with Gasteiger partial charge >= 0.3 is 0 Å². The lowest BCUT2D eigenvalue weighted by Gasteiger charge is -2.15. The maximum absolute atomic E-state index is 5.76. The quantitative estimate of drug-likeness (QED) is 0.812. The summed E-state index contributed by atoms with van der Waals surface area (Å²) in [4.78, 5) is 2.24. The summed E-state index contributed by atoms with van der Waals surface area (Å²) in [5.41, 5.74) is 9.03. The minimum absolute atomic E-state index is 0.817. The predicted molar refractivity (Wildman–Crippen MR) is 69.2 cm³/mol. The molecule has 4 heteroatoms. The molecule has 0 aliphatic heterocycles. The van der Waals surface area contributed by atoms with Gasteiger partial charge in [-0.05, 0) is 24.7 Å². The van der Waals surface area contributed by atoms with Crippen LogP contribution in [0.5, 0.6) is 0 Å². The van der Waals surface area contributed by atoms with Crippen LogP contribution in [0, 0.1) is 0 Å². The molecule has 0 saturated heterocycles. The third-order valence-corrected chi connectivity index (χ3v) is 2.61. The fourth-order valence-corrected chi connectivity index (χ4v) is 1.92. The highest BCUT2D eigenvalue weighted by Gasteiger charge is 2.03. The van der Waals surface area contributed by atoms with Crippen molar-refractivity contribution in [2.24, 2.45) is 7.05 Å². The zero-order chi connectivity index (χ0) is 12.3. The van der Waals surface area contributed by atoms with E-state index in [9.17, 15) is 0 Å². The van der Waals surface area contributed by atoms with Crippen molar-refractivity contribution in [3.63, 3.8) is 0 Å². The van der Waals surface area contributed by atoms with Gasteiger partial charge < -0.3 is 5.73 Å². The number of rotatable bonds is 4. The van der Waals surface area contributed by atoms with Gasteiger partial charge in [-0.15, -0.1) is 0 Å². The Kier molecular flexibility index (Phi) is 3.44. The van der Waals surface area contributed by atoms with Crippen LogP contribution >= 0.6 is 0 Å². The van der Waals surface area contributed by atoms with Crippen molar-refractivity contribution in [2.75, 3.05) is 12.8 Å². The number of nitrogen functional groups attached to an aromatic ring is 1. The molecule has 0 radical (unpaired) electrons. The molecule has 0 atom stereocenters. The molecule has 0 fully saturated rings. The van der Waals surface area contributed by atoms with Crippen LogP contribution in [0.4, 0.5) is 5.69 Å². The zero-order valence-electron chi connectivity index (χ0n) is 10.3. The van der Waals surface area contributed by atoms with E-state index in [1.165, 1.54) is 11.1 Å². The molecule has 2 N–H and O–H groups in total. The Morgan fingerprint density at radius 1 is 1.29 bits per heavy atom. The van der Waals surface area contributed by atoms with E-state index in [2.05, 4.69) is 23.1 Å². The molecule has 0 amide bonds. The van der Waals surface area contributed by atoms with Gasteiger partial charge in [-0.1, -0.05) is 12.1 Å². The average Bonchev–Trinajstić information content (AvgIpc) is 2.63. The zero-order valence-corrected chi connectivity index (χ0v) is 10.3. The minimum atomic E-state index is 0.817. The third kappa shape index (κ3) is 3.32. The first kappa shape index (κ1) is 11.7. The summed E-state index contributed by atoms with van der Waals surface area (Å²) in [5, 5.41) is 4.16. The molecular formula is C13H18N4. The van der Waals surface area contributed by atoms with Crippen molar-refractivity contribution < 1.29 is 0 Å². The lowest BCUT2D eigenvalue weighted by molar-refractivity contribution is 0.319. The fourth-order valence-electron chi connectivity index (χ4n) is 1.92. The average molecular weight is 230 g/mol. The maximum atomic E-state index is 5.76. The molecule has 2 rings (SSSR count). The van der Waals surface area contributed by atoms with E-state index < -0.39 is 0 Å². The van der Waals surface area contributed by atoms with E-state index >= 15 is 0 Å². The molecule has 1 aromatic carbocycles. The van der Waals surface area contributed by atoms with Crippen LogP contribution in [0.3, 0.4) is 0 Å². The molecule has 17 heavy (non-hydrogen) atoms. The van der Waals surface area contributed by atoms with E-state index in [4.69, 9.17) is 5.73 Å². The predicted octanol–water partition coefficient (Wildman–Crippen LogP) is 1.63. The molecule has 90 valence electrons. The highest BCUT2D eigenvalue weighted by Crippen LogP contribution is 2.10. The summed E-state index contributed by atoms with van der Waals surface area (Å²) in [6, 6.07) is 8.00. The Morgan fingerprint density at radius 3 is 2.71 bits per heavy atom. The summed E-state index contributed by atoms with van der Waals surface area (Å²) in [6.07, 6.45) is 3.94. The van der Waals surface area contributed by atoms with Gasteiger partial charge in [-0.2, -0.15) is 5.10 Å². The minimum Gasteiger partial charge on any atom is -0.399 e. The van der Waals surface area contributed by atoms with Crippen LogP contribution in [0.15, 0.2) is 36.7 Å². The highest BCUT2D eigenvalue weighted by atomic mass is 15.2. The number of aryl methyl sites for hydroxylation is 1. The first-order chi connectivity index (χ1) is 8.13. The van der Waals surface area contributed by atoms with Crippen LogP contribution < -0.4 is 5.73 Å². The van der Waals surface area contributed by atoms with Crippen molar-refractivity contribution in [1.82, 2.24) is 14.7 Å². The summed E-state index contributed by atoms with van der Waals surface area (Å²) in [5.74, 6) is 0. The lowest BCUT2D eigenvalue weighted by Crippen LogP contribution is -2.16. The second kappa shape index (κ2) is 5.01. The normalized spacial score (nSPS) is 11.0. The third-order valence-electron chi connectivity index (χ3n) is 2.61. The van der Waals surface area contributed by atoms with Crippen LogP contribution in [0.2, 0.25) is 0 Å². The van der Waals surface area contributed by atoms with Gasteiger partial charge in [0.25, 0.3) is 0 Å². The second-order valence-corrected chi connectivity index (χ2v) is 4.44. The Hall–Kier alpha value is -1.81. The second-order valence-electron chi connectivity index (χ2n) is 4.44. The lowest BCUT2D eigenvalue weighted by atomic mass is 10.2. The Morgan fingerprint density at radius 2 is 2.06 bits per heavy atom. The molecule has 0 saturated carbocycles. The van der Waals surface area contributed by atoms with E-state index in [0.717, 1.165) is 18.8 Å². The number of hydrogen-bond acceptors (Lipinski definition) is 3. The summed E-state index contributed by atoms with van der Waals surface area (Å²) in [7, 11) is 4.03. The van der Waals surface area contributed by atoms with Crippen LogP contribution in [0.1, 0.15) is 11.1 Å². The standard InChI is InChI=1S/C13H18N4/c1-16(9-12-7-15-17(2)10-12)8-11-4-3-5-13(14)6-11/h3-7,10H,8-9,14H2,1-2H3. The molecule has 0 unspecified atom stereocenters. The summed E-state index contributed by atoms with van der Waals surface area (Å²) in [6.45, 7) is 1.78. The number of nitrogens with two attached hydrogens (primary N) is 1. The number of benzene rings is 1. The summed E-state index contributed by atoms with van der Waals surface area (Å²) >= 11 is 0. The van der Waals surface area contributed by atoms with Crippen molar-refractivity contribution >= 4 is 5.69 Å². The SMILES string of the molecule is CN(Cc1cccc(N)c1)Cc1cnn(C)c1.